The second kappa shape index (κ2) is 4.66. The number of hydrogen-bond donors (Lipinski definition) is 3. The third-order valence-corrected chi connectivity index (χ3v) is 1.88. The summed E-state index contributed by atoms with van der Waals surface area (Å²) < 4.78 is 0. The highest BCUT2D eigenvalue weighted by Gasteiger charge is 2.14. The van der Waals surface area contributed by atoms with Crippen molar-refractivity contribution >= 4 is 0 Å². The molecule has 0 radical (unpaired) electrons. The molecule has 1 atom stereocenters. The van der Waals surface area contributed by atoms with Crippen molar-refractivity contribution < 1.29 is 5.11 Å². The third kappa shape index (κ3) is 2.64. The molecule has 1 heterocycles. The molecule has 60 valence electrons. The number of hydrogen-bond acceptors (Lipinski definition) is 3. The zero-order valence-electron chi connectivity index (χ0n) is 6.27. The first kappa shape index (κ1) is 7.98. The van der Waals surface area contributed by atoms with Crippen LogP contribution >= 0.6 is 0 Å². The minimum atomic E-state index is 0.248. The molecule has 1 aliphatic heterocycles. The molecule has 1 unspecified atom stereocenters. The Kier molecular flexibility index (Phi) is 3.72. The van der Waals surface area contributed by atoms with Gasteiger partial charge in [0.2, 0.25) is 0 Å². The van der Waals surface area contributed by atoms with Crippen LogP contribution in [0.4, 0.5) is 0 Å². The topological polar surface area (TPSA) is 44.3 Å². The fourth-order valence-corrected chi connectivity index (χ4v) is 1.08. The van der Waals surface area contributed by atoms with E-state index in [9.17, 15) is 0 Å². The van der Waals surface area contributed by atoms with Crippen LogP contribution < -0.4 is 10.6 Å². The SMILES string of the molecule is OCCNCCC1CCN1. The molecule has 0 aliphatic carbocycles. The molecule has 10 heavy (non-hydrogen) atoms. The van der Waals surface area contributed by atoms with Crippen LogP contribution in [0.2, 0.25) is 0 Å². The van der Waals surface area contributed by atoms with Gasteiger partial charge in [0, 0.05) is 12.6 Å². The summed E-state index contributed by atoms with van der Waals surface area (Å²) in [7, 11) is 0. The van der Waals surface area contributed by atoms with E-state index in [0.717, 1.165) is 19.1 Å². The molecule has 0 saturated carbocycles. The van der Waals surface area contributed by atoms with E-state index in [1.807, 2.05) is 0 Å². The third-order valence-electron chi connectivity index (χ3n) is 1.88. The van der Waals surface area contributed by atoms with Crippen molar-refractivity contribution in [2.45, 2.75) is 18.9 Å². The van der Waals surface area contributed by atoms with Crippen LogP contribution in [0.15, 0.2) is 0 Å². The van der Waals surface area contributed by atoms with Crippen molar-refractivity contribution in [1.82, 2.24) is 10.6 Å². The van der Waals surface area contributed by atoms with Crippen LogP contribution in [0.5, 0.6) is 0 Å². The molecule has 0 aromatic carbocycles. The lowest BCUT2D eigenvalue weighted by Crippen LogP contribution is -2.44. The Bertz CT molecular complexity index is 83.7. The predicted octanol–water partition coefficient (Wildman–Crippen LogP) is -0.680. The Hall–Kier alpha value is -0.120. The second-order valence-electron chi connectivity index (χ2n) is 2.70. The lowest BCUT2D eigenvalue weighted by molar-refractivity contribution is 0.286. The Morgan fingerprint density at radius 3 is 2.80 bits per heavy atom. The molecule has 3 N–H and O–H groups in total. The average Bonchev–Trinajstić information content (AvgIpc) is 1.84. The summed E-state index contributed by atoms with van der Waals surface area (Å²) in [5.74, 6) is 0. The summed E-state index contributed by atoms with van der Waals surface area (Å²) in [6.45, 7) is 3.19. The molecule has 3 nitrogen and oxygen atoms in total. The maximum atomic E-state index is 8.42. The standard InChI is InChI=1S/C7H16N2O/c10-6-5-8-3-1-7-2-4-9-7/h7-10H,1-6H2. The highest BCUT2D eigenvalue weighted by Crippen LogP contribution is 2.04. The molecule has 0 amide bonds. The zero-order valence-corrected chi connectivity index (χ0v) is 6.27. The molecule has 0 bridgehead atoms. The van der Waals surface area contributed by atoms with Gasteiger partial charge in [-0.25, -0.2) is 0 Å². The van der Waals surface area contributed by atoms with Crippen molar-refractivity contribution in [3.05, 3.63) is 0 Å². The first-order chi connectivity index (χ1) is 4.93. The maximum Gasteiger partial charge on any atom is 0.0555 e. The lowest BCUT2D eigenvalue weighted by atomic mass is 10.0. The largest absolute Gasteiger partial charge is 0.395 e. The molecule has 3 heteroatoms. The second-order valence-corrected chi connectivity index (χ2v) is 2.70. The number of aliphatic hydroxyl groups excluding tert-OH is 1. The van der Waals surface area contributed by atoms with Crippen molar-refractivity contribution in [2.24, 2.45) is 0 Å². The van der Waals surface area contributed by atoms with Crippen LogP contribution in [0, 0.1) is 0 Å². The van der Waals surface area contributed by atoms with E-state index in [2.05, 4.69) is 10.6 Å². The van der Waals surface area contributed by atoms with E-state index in [4.69, 9.17) is 5.11 Å². The van der Waals surface area contributed by atoms with E-state index in [0.29, 0.717) is 0 Å². The first-order valence-electron chi connectivity index (χ1n) is 3.98. The van der Waals surface area contributed by atoms with Crippen LogP contribution in [0.1, 0.15) is 12.8 Å². The summed E-state index contributed by atoms with van der Waals surface area (Å²) in [6, 6.07) is 0.742. The van der Waals surface area contributed by atoms with E-state index < -0.39 is 0 Å². The first-order valence-corrected chi connectivity index (χ1v) is 3.98. The Balaban J connectivity index is 1.76. The van der Waals surface area contributed by atoms with Gasteiger partial charge >= 0.3 is 0 Å². The maximum absolute atomic E-state index is 8.42. The highest BCUT2D eigenvalue weighted by atomic mass is 16.3. The molecule has 0 aromatic heterocycles. The zero-order chi connectivity index (χ0) is 7.23. The van der Waals surface area contributed by atoms with E-state index in [-0.39, 0.29) is 6.61 Å². The van der Waals surface area contributed by atoms with Gasteiger partial charge in [0.15, 0.2) is 0 Å². The predicted molar refractivity (Wildman–Crippen MR) is 41.0 cm³/mol. The quantitative estimate of drug-likeness (QED) is 0.448. The van der Waals surface area contributed by atoms with Gasteiger partial charge in [0.25, 0.3) is 0 Å². The molecule has 1 fully saturated rings. The minimum absolute atomic E-state index is 0.248. The lowest BCUT2D eigenvalue weighted by Gasteiger charge is -2.27. The normalized spacial score (nSPS) is 24.3. The molecule has 0 aromatic rings. The number of nitrogens with one attached hydrogen (secondary N) is 2. The van der Waals surface area contributed by atoms with Gasteiger partial charge in [-0.3, -0.25) is 0 Å². The van der Waals surface area contributed by atoms with Gasteiger partial charge in [-0.2, -0.15) is 0 Å². The van der Waals surface area contributed by atoms with Crippen molar-refractivity contribution in [3.63, 3.8) is 0 Å². The van der Waals surface area contributed by atoms with E-state index in [1.54, 1.807) is 0 Å². The fourth-order valence-electron chi connectivity index (χ4n) is 1.08. The molecule has 1 aliphatic rings. The van der Waals surface area contributed by atoms with Crippen LogP contribution in [-0.2, 0) is 0 Å². The summed E-state index contributed by atoms with van der Waals surface area (Å²) >= 11 is 0. The number of aliphatic hydroxyl groups is 1. The van der Waals surface area contributed by atoms with Crippen molar-refractivity contribution in [1.29, 1.82) is 0 Å². The van der Waals surface area contributed by atoms with Gasteiger partial charge in [-0.1, -0.05) is 0 Å². The van der Waals surface area contributed by atoms with Gasteiger partial charge in [0.05, 0.1) is 6.61 Å². The minimum Gasteiger partial charge on any atom is -0.395 e. The Morgan fingerprint density at radius 1 is 1.50 bits per heavy atom. The summed E-state index contributed by atoms with van der Waals surface area (Å²) in [6.07, 6.45) is 2.51. The monoisotopic (exact) mass is 144 g/mol. The number of rotatable bonds is 5. The molecule has 1 saturated heterocycles. The average molecular weight is 144 g/mol. The molecule has 1 rings (SSSR count). The van der Waals surface area contributed by atoms with Crippen molar-refractivity contribution in [2.75, 3.05) is 26.2 Å². The molecular formula is C7H16N2O. The smallest absolute Gasteiger partial charge is 0.0555 e. The summed E-state index contributed by atoms with van der Waals surface area (Å²) in [5, 5.41) is 14.9. The Labute approximate surface area is 61.8 Å². The van der Waals surface area contributed by atoms with Gasteiger partial charge in [-0.15, -0.1) is 0 Å². The fraction of sp³-hybridized carbons (Fsp3) is 1.00. The van der Waals surface area contributed by atoms with Crippen molar-refractivity contribution in [3.8, 4) is 0 Å². The van der Waals surface area contributed by atoms with Crippen LogP contribution in [0.25, 0.3) is 0 Å². The molecular weight excluding hydrogens is 128 g/mol. The molecule has 0 spiro atoms. The van der Waals surface area contributed by atoms with Gasteiger partial charge in [0.1, 0.15) is 0 Å². The Morgan fingerprint density at radius 2 is 2.30 bits per heavy atom. The van der Waals surface area contributed by atoms with E-state index in [1.165, 1.54) is 19.4 Å². The van der Waals surface area contributed by atoms with E-state index >= 15 is 0 Å². The van der Waals surface area contributed by atoms with Crippen LogP contribution in [-0.4, -0.2) is 37.4 Å². The highest BCUT2D eigenvalue weighted by molar-refractivity contribution is 4.77. The van der Waals surface area contributed by atoms with Crippen LogP contribution in [0.3, 0.4) is 0 Å². The van der Waals surface area contributed by atoms with Gasteiger partial charge in [-0.05, 0) is 25.9 Å². The summed E-state index contributed by atoms with van der Waals surface area (Å²) in [4.78, 5) is 0. The van der Waals surface area contributed by atoms with Gasteiger partial charge < -0.3 is 15.7 Å². The summed E-state index contributed by atoms with van der Waals surface area (Å²) in [5.41, 5.74) is 0.